The van der Waals surface area contributed by atoms with Gasteiger partial charge in [-0.05, 0) is 35.4 Å². The minimum Gasteiger partial charge on any atom is -0.383 e. The molecule has 0 spiro atoms. The lowest BCUT2D eigenvalue weighted by Crippen LogP contribution is -1.93. The van der Waals surface area contributed by atoms with Crippen LogP contribution in [0.3, 0.4) is 0 Å². The van der Waals surface area contributed by atoms with Gasteiger partial charge in [0.15, 0.2) is 0 Å². The van der Waals surface area contributed by atoms with Gasteiger partial charge in [-0.1, -0.05) is 18.2 Å². The number of nitrogens with two attached hydrogens (primary N) is 1. The molecule has 4 nitrogen and oxygen atoms in total. The van der Waals surface area contributed by atoms with Crippen LogP contribution in [0.2, 0.25) is 0 Å². The standard InChI is InChI=1S/C15H10N4/c16-8-10-1-3-11(4-2-10)12-5-6-14-13(7-12)15(17)19-9-18-14/h1-7,9H,(H2,17,18,19). The number of anilines is 1. The fraction of sp³-hybridized carbons (Fsp3) is 0. The van der Waals surface area contributed by atoms with Crippen molar-refractivity contribution in [2.75, 3.05) is 5.73 Å². The maximum absolute atomic E-state index is 8.79. The summed E-state index contributed by atoms with van der Waals surface area (Å²) in [6, 6.07) is 15.4. The highest BCUT2D eigenvalue weighted by Crippen LogP contribution is 2.25. The molecule has 0 saturated heterocycles. The monoisotopic (exact) mass is 246 g/mol. The van der Waals surface area contributed by atoms with E-state index in [1.807, 2.05) is 30.3 Å². The molecular formula is C15H10N4. The molecule has 0 aliphatic carbocycles. The lowest BCUT2D eigenvalue weighted by Gasteiger charge is -2.05. The minimum absolute atomic E-state index is 0.473. The number of hydrogen-bond acceptors (Lipinski definition) is 4. The third-order valence-electron chi connectivity index (χ3n) is 3.01. The molecule has 2 aromatic carbocycles. The first kappa shape index (κ1) is 11.2. The molecule has 0 unspecified atom stereocenters. The zero-order valence-corrected chi connectivity index (χ0v) is 10.0. The van der Waals surface area contributed by atoms with Crippen LogP contribution in [0, 0.1) is 11.3 Å². The van der Waals surface area contributed by atoms with E-state index >= 15 is 0 Å². The van der Waals surface area contributed by atoms with E-state index in [2.05, 4.69) is 16.0 Å². The number of benzene rings is 2. The van der Waals surface area contributed by atoms with Crippen molar-refractivity contribution in [3.05, 3.63) is 54.4 Å². The van der Waals surface area contributed by atoms with Gasteiger partial charge in [0, 0.05) is 5.39 Å². The second-order valence-electron chi connectivity index (χ2n) is 4.18. The highest BCUT2D eigenvalue weighted by atomic mass is 14.9. The second-order valence-corrected chi connectivity index (χ2v) is 4.18. The topological polar surface area (TPSA) is 75.6 Å². The number of hydrogen-bond donors (Lipinski definition) is 1. The highest BCUT2D eigenvalue weighted by Gasteiger charge is 2.03. The lowest BCUT2D eigenvalue weighted by atomic mass is 10.0. The third kappa shape index (κ3) is 1.98. The Balaban J connectivity index is 2.14. The maximum Gasteiger partial charge on any atom is 0.134 e. The molecular weight excluding hydrogens is 236 g/mol. The Bertz CT molecular complexity index is 785. The summed E-state index contributed by atoms with van der Waals surface area (Å²) in [4.78, 5) is 8.16. The first-order valence-corrected chi connectivity index (χ1v) is 5.79. The molecule has 3 rings (SSSR count). The van der Waals surface area contributed by atoms with Crippen molar-refractivity contribution in [2.24, 2.45) is 0 Å². The molecule has 0 amide bonds. The van der Waals surface area contributed by atoms with E-state index in [4.69, 9.17) is 11.0 Å². The zero-order valence-electron chi connectivity index (χ0n) is 10.0. The Morgan fingerprint density at radius 3 is 2.42 bits per heavy atom. The molecule has 90 valence electrons. The number of fused-ring (bicyclic) bond motifs is 1. The van der Waals surface area contributed by atoms with Gasteiger partial charge < -0.3 is 5.73 Å². The van der Waals surface area contributed by atoms with E-state index in [-0.39, 0.29) is 0 Å². The molecule has 0 fully saturated rings. The second kappa shape index (κ2) is 4.39. The summed E-state index contributed by atoms with van der Waals surface area (Å²) in [5.41, 5.74) is 9.38. The van der Waals surface area contributed by atoms with E-state index in [1.165, 1.54) is 6.33 Å². The van der Waals surface area contributed by atoms with Crippen LogP contribution in [-0.2, 0) is 0 Å². The first-order valence-electron chi connectivity index (χ1n) is 5.79. The smallest absolute Gasteiger partial charge is 0.134 e. The largest absolute Gasteiger partial charge is 0.383 e. The van der Waals surface area contributed by atoms with Gasteiger partial charge >= 0.3 is 0 Å². The van der Waals surface area contributed by atoms with E-state index in [1.54, 1.807) is 12.1 Å². The molecule has 0 aliphatic heterocycles. The van der Waals surface area contributed by atoms with Gasteiger partial charge in [0.25, 0.3) is 0 Å². The zero-order chi connectivity index (χ0) is 13.2. The van der Waals surface area contributed by atoms with Crippen molar-refractivity contribution >= 4 is 16.7 Å². The maximum atomic E-state index is 8.79. The molecule has 0 radical (unpaired) electrons. The van der Waals surface area contributed by atoms with Gasteiger partial charge in [0.1, 0.15) is 12.1 Å². The Kier molecular flexibility index (Phi) is 2.58. The summed E-state index contributed by atoms with van der Waals surface area (Å²) in [7, 11) is 0. The number of nitriles is 1. The first-order chi connectivity index (χ1) is 9.28. The normalized spacial score (nSPS) is 10.3. The molecule has 2 N–H and O–H groups in total. The molecule has 4 heteroatoms. The summed E-state index contributed by atoms with van der Waals surface area (Å²) < 4.78 is 0. The predicted octanol–water partition coefficient (Wildman–Crippen LogP) is 2.75. The summed E-state index contributed by atoms with van der Waals surface area (Å²) in [6.07, 6.45) is 1.46. The van der Waals surface area contributed by atoms with Crippen molar-refractivity contribution in [1.29, 1.82) is 5.26 Å². The van der Waals surface area contributed by atoms with Crippen molar-refractivity contribution in [1.82, 2.24) is 9.97 Å². The van der Waals surface area contributed by atoms with E-state index in [0.717, 1.165) is 22.0 Å². The third-order valence-corrected chi connectivity index (χ3v) is 3.01. The molecule has 1 heterocycles. The van der Waals surface area contributed by atoms with Crippen LogP contribution < -0.4 is 5.73 Å². The Hall–Kier alpha value is -2.93. The molecule has 1 aromatic heterocycles. The van der Waals surface area contributed by atoms with E-state index < -0.39 is 0 Å². The van der Waals surface area contributed by atoms with Crippen molar-refractivity contribution < 1.29 is 0 Å². The van der Waals surface area contributed by atoms with Crippen molar-refractivity contribution in [2.45, 2.75) is 0 Å². The van der Waals surface area contributed by atoms with Gasteiger partial charge in [-0.3, -0.25) is 0 Å². The Morgan fingerprint density at radius 1 is 0.947 bits per heavy atom. The minimum atomic E-state index is 0.473. The van der Waals surface area contributed by atoms with Crippen LogP contribution >= 0.6 is 0 Å². The van der Waals surface area contributed by atoms with Gasteiger partial charge in [-0.25, -0.2) is 9.97 Å². The van der Waals surface area contributed by atoms with E-state index in [0.29, 0.717) is 11.4 Å². The average molecular weight is 246 g/mol. The van der Waals surface area contributed by atoms with Crippen LogP contribution in [0.1, 0.15) is 5.56 Å². The van der Waals surface area contributed by atoms with Gasteiger partial charge in [-0.15, -0.1) is 0 Å². The molecule has 0 bridgehead atoms. The van der Waals surface area contributed by atoms with Crippen LogP contribution in [-0.4, -0.2) is 9.97 Å². The number of aromatic nitrogens is 2. The fourth-order valence-electron chi connectivity index (χ4n) is 1.99. The Labute approximate surface area is 110 Å². The molecule has 3 aromatic rings. The number of nitrogen functional groups attached to an aromatic ring is 1. The summed E-state index contributed by atoms with van der Waals surface area (Å²) >= 11 is 0. The number of nitrogens with zero attached hydrogens (tertiary/aromatic N) is 3. The summed E-state index contributed by atoms with van der Waals surface area (Å²) in [5.74, 6) is 0.473. The lowest BCUT2D eigenvalue weighted by molar-refractivity contribution is 1.23. The van der Waals surface area contributed by atoms with Crippen LogP contribution in [0.4, 0.5) is 5.82 Å². The number of rotatable bonds is 1. The van der Waals surface area contributed by atoms with E-state index in [9.17, 15) is 0 Å². The summed E-state index contributed by atoms with van der Waals surface area (Å²) in [6.45, 7) is 0. The molecule has 19 heavy (non-hydrogen) atoms. The van der Waals surface area contributed by atoms with Gasteiger partial charge in [-0.2, -0.15) is 5.26 Å². The van der Waals surface area contributed by atoms with Crippen LogP contribution in [0.5, 0.6) is 0 Å². The van der Waals surface area contributed by atoms with Crippen LogP contribution in [0.15, 0.2) is 48.8 Å². The SMILES string of the molecule is N#Cc1ccc(-c2ccc3ncnc(N)c3c2)cc1. The average Bonchev–Trinajstić information content (AvgIpc) is 2.47. The predicted molar refractivity (Wildman–Crippen MR) is 74.1 cm³/mol. The quantitative estimate of drug-likeness (QED) is 0.716. The van der Waals surface area contributed by atoms with Gasteiger partial charge in [0.2, 0.25) is 0 Å². The van der Waals surface area contributed by atoms with Gasteiger partial charge in [0.05, 0.1) is 17.1 Å². The van der Waals surface area contributed by atoms with Crippen LogP contribution in [0.25, 0.3) is 22.0 Å². The van der Waals surface area contributed by atoms with Crippen molar-refractivity contribution in [3.63, 3.8) is 0 Å². The highest BCUT2D eigenvalue weighted by molar-refractivity contribution is 5.91. The fourth-order valence-corrected chi connectivity index (χ4v) is 1.99. The molecule has 0 saturated carbocycles. The molecule has 0 aliphatic rings. The summed E-state index contributed by atoms with van der Waals surface area (Å²) in [5, 5.41) is 9.63. The Morgan fingerprint density at radius 2 is 1.68 bits per heavy atom. The van der Waals surface area contributed by atoms with Crippen molar-refractivity contribution in [3.8, 4) is 17.2 Å². The molecule has 0 atom stereocenters.